The van der Waals surface area contributed by atoms with Crippen LogP contribution in [0.5, 0.6) is 0 Å². The number of carbonyl (C=O) groups excluding carboxylic acids is 1. The molecule has 12 nitrogen and oxygen atoms in total. The molecule has 0 radical (unpaired) electrons. The normalized spacial score (nSPS) is 20.8. The summed E-state index contributed by atoms with van der Waals surface area (Å²) in [5, 5.41) is 30.7. The molecule has 356 valence electrons. The van der Waals surface area contributed by atoms with Gasteiger partial charge >= 0.3 is 16.4 Å². The third kappa shape index (κ3) is 32.9. The summed E-state index contributed by atoms with van der Waals surface area (Å²) >= 11 is 0. The SMILES string of the molecule is CC/C=C\C/C=C\C/C=C\C/C=C\CCCCCCCOCC(COC1OC(CO)C(O)C(OS(=O)(=O)O)C1O)OC(=O)CCCCCCCCC/C=C\C/C=C\C/C=C\CC. The van der Waals surface area contributed by atoms with Gasteiger partial charge in [-0.2, -0.15) is 8.42 Å². The third-order valence-electron chi connectivity index (χ3n) is 10.0. The fraction of sp³-hybridized carbons (Fsp3) is 0.694. The van der Waals surface area contributed by atoms with Crippen molar-refractivity contribution in [2.45, 2.75) is 192 Å². The molecule has 0 aliphatic carbocycles. The predicted octanol–water partition coefficient (Wildman–Crippen LogP) is 10.1. The van der Waals surface area contributed by atoms with Crippen molar-refractivity contribution in [2.75, 3.05) is 26.4 Å². The highest BCUT2D eigenvalue weighted by Crippen LogP contribution is 2.26. The van der Waals surface area contributed by atoms with E-state index < -0.39 is 59.8 Å². The molecule has 4 N–H and O–H groups in total. The maximum absolute atomic E-state index is 12.9. The minimum absolute atomic E-state index is 0.0138. The molecular weight excluding hydrogens is 813 g/mol. The van der Waals surface area contributed by atoms with Gasteiger partial charge in [0.15, 0.2) is 6.29 Å². The number of rotatable bonds is 39. The Morgan fingerprint density at radius 2 is 1.06 bits per heavy atom. The Labute approximate surface area is 374 Å². The molecule has 13 heteroatoms. The molecule has 1 fully saturated rings. The second-order valence-corrected chi connectivity index (χ2v) is 16.6. The van der Waals surface area contributed by atoms with Crippen LogP contribution in [0.3, 0.4) is 0 Å². The van der Waals surface area contributed by atoms with Gasteiger partial charge in [-0.15, -0.1) is 0 Å². The maximum Gasteiger partial charge on any atom is 0.397 e. The van der Waals surface area contributed by atoms with E-state index >= 15 is 0 Å². The van der Waals surface area contributed by atoms with Crippen molar-refractivity contribution in [2.24, 2.45) is 0 Å². The van der Waals surface area contributed by atoms with Crippen LogP contribution < -0.4 is 0 Å². The number of ether oxygens (including phenoxy) is 4. The summed E-state index contributed by atoms with van der Waals surface area (Å²) in [6, 6.07) is 0. The van der Waals surface area contributed by atoms with E-state index in [1.54, 1.807) is 0 Å². The smallest absolute Gasteiger partial charge is 0.397 e. The monoisotopic (exact) mass is 895 g/mol. The van der Waals surface area contributed by atoms with Gasteiger partial charge in [-0.1, -0.05) is 150 Å². The topological polar surface area (TPSA) is 178 Å². The number of hydrogen-bond acceptors (Lipinski definition) is 11. The second kappa shape index (κ2) is 39.8. The van der Waals surface area contributed by atoms with Crippen LogP contribution in [0.2, 0.25) is 0 Å². The average Bonchev–Trinajstić information content (AvgIpc) is 3.24. The molecule has 1 saturated heterocycles. The standard InChI is InChI=1S/C49H82O12S/c1-3-5-7-9-11-13-15-17-19-21-23-25-27-29-31-33-35-37-39-57-41-43(42-58-49-47(53)48(61-62(54,55)56)46(52)44(40-50)60-49)59-45(51)38-36-34-32-30-28-26-24-22-20-18-16-14-12-10-8-6-4-2/h5-8,11-14,17-20,23,25,43-44,46-50,52-53H,3-4,9-10,15-16,21-22,24,26-42H2,1-2H3,(H,54,55,56)/b7-5-,8-6-,13-11-,14-12-,19-17-,20-18-,25-23-. The molecule has 0 amide bonds. The van der Waals surface area contributed by atoms with Crippen LogP contribution in [-0.4, -0.2) is 97.5 Å². The lowest BCUT2D eigenvalue weighted by Gasteiger charge is -2.41. The second-order valence-electron chi connectivity index (χ2n) is 15.6. The minimum Gasteiger partial charge on any atom is -0.457 e. The Kier molecular flexibility index (Phi) is 36.8. The highest BCUT2D eigenvalue weighted by molar-refractivity contribution is 7.80. The van der Waals surface area contributed by atoms with Crippen LogP contribution in [0.4, 0.5) is 0 Å². The highest BCUT2D eigenvalue weighted by Gasteiger charge is 2.48. The molecular formula is C49H82O12S. The van der Waals surface area contributed by atoms with Crippen LogP contribution in [0.15, 0.2) is 85.1 Å². The summed E-state index contributed by atoms with van der Waals surface area (Å²) in [5.74, 6) is -0.420. The molecule has 1 aliphatic rings. The Balaban J connectivity index is 2.44. The van der Waals surface area contributed by atoms with E-state index in [9.17, 15) is 33.1 Å². The molecule has 0 saturated carbocycles. The van der Waals surface area contributed by atoms with E-state index in [0.29, 0.717) is 13.0 Å². The Morgan fingerprint density at radius 1 is 0.613 bits per heavy atom. The van der Waals surface area contributed by atoms with Gasteiger partial charge in [-0.3, -0.25) is 9.35 Å². The zero-order valence-electron chi connectivity index (χ0n) is 37.9. The van der Waals surface area contributed by atoms with Crippen LogP contribution >= 0.6 is 0 Å². The van der Waals surface area contributed by atoms with Crippen LogP contribution in [-0.2, 0) is 38.3 Å². The lowest BCUT2D eigenvalue weighted by molar-refractivity contribution is -0.301. The average molecular weight is 895 g/mol. The van der Waals surface area contributed by atoms with Gasteiger partial charge in [0.2, 0.25) is 0 Å². The number of aliphatic hydroxyl groups is 3. The summed E-state index contributed by atoms with van der Waals surface area (Å²) in [7, 11) is -5.07. The molecule has 0 aromatic heterocycles. The molecule has 6 atom stereocenters. The molecule has 1 aliphatic heterocycles. The first-order valence-electron chi connectivity index (χ1n) is 23.3. The van der Waals surface area contributed by atoms with E-state index in [4.69, 9.17) is 18.9 Å². The van der Waals surface area contributed by atoms with Gasteiger partial charge in [0.05, 0.1) is 19.8 Å². The lowest BCUT2D eigenvalue weighted by atomic mass is 9.99. The van der Waals surface area contributed by atoms with Crippen LogP contribution in [0, 0.1) is 0 Å². The van der Waals surface area contributed by atoms with Gasteiger partial charge in [-0.05, 0) is 83.5 Å². The molecule has 0 spiro atoms. The molecule has 6 unspecified atom stereocenters. The van der Waals surface area contributed by atoms with Crippen molar-refractivity contribution in [1.29, 1.82) is 0 Å². The van der Waals surface area contributed by atoms with Gasteiger partial charge in [0.25, 0.3) is 0 Å². The zero-order valence-corrected chi connectivity index (χ0v) is 38.7. The minimum atomic E-state index is -5.07. The molecule has 0 aromatic rings. The maximum atomic E-state index is 12.9. The number of aliphatic hydroxyl groups excluding tert-OH is 3. The number of allylic oxidation sites excluding steroid dienone is 14. The zero-order chi connectivity index (χ0) is 45.4. The first kappa shape index (κ1) is 57.3. The van der Waals surface area contributed by atoms with Crippen molar-refractivity contribution >= 4 is 16.4 Å². The van der Waals surface area contributed by atoms with Crippen molar-refractivity contribution in [3.63, 3.8) is 0 Å². The van der Waals surface area contributed by atoms with Crippen molar-refractivity contribution in [1.82, 2.24) is 0 Å². The highest BCUT2D eigenvalue weighted by atomic mass is 32.3. The van der Waals surface area contributed by atoms with Gasteiger partial charge in [0, 0.05) is 13.0 Å². The molecule has 1 rings (SSSR count). The Morgan fingerprint density at radius 3 is 1.55 bits per heavy atom. The van der Waals surface area contributed by atoms with E-state index in [1.807, 2.05) is 0 Å². The van der Waals surface area contributed by atoms with E-state index in [1.165, 1.54) is 12.8 Å². The number of carbonyl (C=O) groups is 1. The molecule has 0 aromatic carbocycles. The van der Waals surface area contributed by atoms with Crippen LogP contribution in [0.1, 0.15) is 155 Å². The van der Waals surface area contributed by atoms with Crippen molar-refractivity contribution in [3.8, 4) is 0 Å². The number of hydrogen-bond donors (Lipinski definition) is 4. The largest absolute Gasteiger partial charge is 0.457 e. The fourth-order valence-electron chi connectivity index (χ4n) is 6.56. The Hall–Kier alpha value is -2.72. The summed E-state index contributed by atoms with van der Waals surface area (Å²) in [4.78, 5) is 12.9. The number of esters is 1. The number of unbranched alkanes of at least 4 members (excludes halogenated alkanes) is 12. The first-order valence-corrected chi connectivity index (χ1v) is 24.7. The summed E-state index contributed by atoms with van der Waals surface area (Å²) in [6.45, 7) is 3.69. The van der Waals surface area contributed by atoms with E-state index in [0.717, 1.165) is 116 Å². The van der Waals surface area contributed by atoms with Crippen molar-refractivity contribution < 1.29 is 56.2 Å². The van der Waals surface area contributed by atoms with E-state index in [-0.39, 0.29) is 19.6 Å². The molecule has 62 heavy (non-hydrogen) atoms. The summed E-state index contributed by atoms with van der Waals surface area (Å²) in [6.07, 6.45) is 43.2. The summed E-state index contributed by atoms with van der Waals surface area (Å²) < 4.78 is 59.1. The Bertz CT molecular complexity index is 1400. The van der Waals surface area contributed by atoms with E-state index in [2.05, 4.69) is 103 Å². The predicted molar refractivity (Wildman–Crippen MR) is 248 cm³/mol. The summed E-state index contributed by atoms with van der Waals surface area (Å²) in [5.41, 5.74) is 0. The fourth-order valence-corrected chi connectivity index (χ4v) is 7.07. The van der Waals surface area contributed by atoms with Gasteiger partial charge < -0.3 is 34.3 Å². The van der Waals surface area contributed by atoms with Gasteiger partial charge in [-0.25, -0.2) is 4.18 Å². The van der Waals surface area contributed by atoms with Gasteiger partial charge in [0.1, 0.15) is 30.5 Å². The molecule has 0 bridgehead atoms. The first-order chi connectivity index (χ1) is 30.1. The lowest BCUT2D eigenvalue weighted by Crippen LogP contribution is -2.60. The van der Waals surface area contributed by atoms with Crippen LogP contribution in [0.25, 0.3) is 0 Å². The molecule has 1 heterocycles. The third-order valence-corrected chi connectivity index (χ3v) is 10.5. The van der Waals surface area contributed by atoms with Crippen molar-refractivity contribution in [3.05, 3.63) is 85.1 Å². The quantitative estimate of drug-likeness (QED) is 0.0199.